The van der Waals surface area contributed by atoms with Crippen LogP contribution in [0.4, 0.5) is 4.79 Å². The highest BCUT2D eigenvalue weighted by atomic mass is 16.6. The van der Waals surface area contributed by atoms with E-state index in [1.165, 1.54) is 19.3 Å². The van der Waals surface area contributed by atoms with Crippen LogP contribution in [0.1, 0.15) is 63.0 Å². The number of nitrogens with one attached hydrogen (secondary N) is 1. The van der Waals surface area contributed by atoms with Crippen molar-refractivity contribution in [2.24, 2.45) is 7.05 Å². The van der Waals surface area contributed by atoms with Gasteiger partial charge < -0.3 is 9.64 Å². The van der Waals surface area contributed by atoms with Crippen LogP contribution in [-0.4, -0.2) is 117 Å². The predicted molar refractivity (Wildman–Crippen MR) is 164 cm³/mol. The average molecular weight is 608 g/mol. The number of imide groups is 1. The number of carbonyl (C=O) groups is 3. The van der Waals surface area contributed by atoms with E-state index in [0.29, 0.717) is 31.2 Å². The van der Waals surface area contributed by atoms with Crippen molar-refractivity contribution < 1.29 is 19.1 Å². The molecule has 12 heteroatoms. The van der Waals surface area contributed by atoms with E-state index in [9.17, 15) is 19.2 Å². The molecule has 1 N–H and O–H groups in total. The summed E-state index contributed by atoms with van der Waals surface area (Å²) in [7, 11) is 1.76. The number of nitrogens with zero attached hydrogens (tertiary/aromatic N) is 6. The molecule has 238 valence electrons. The van der Waals surface area contributed by atoms with Crippen molar-refractivity contribution in [3.63, 3.8) is 0 Å². The molecule has 5 aliphatic rings. The Morgan fingerprint density at radius 2 is 1.70 bits per heavy atom. The van der Waals surface area contributed by atoms with E-state index in [-0.39, 0.29) is 24.1 Å². The van der Waals surface area contributed by atoms with E-state index in [0.717, 1.165) is 88.2 Å². The monoisotopic (exact) mass is 607 g/mol. The molecule has 44 heavy (non-hydrogen) atoms. The molecule has 7 rings (SSSR count). The van der Waals surface area contributed by atoms with Gasteiger partial charge in [-0.2, -0.15) is 0 Å². The number of piperidine rings is 2. The second-order valence-corrected chi connectivity index (χ2v) is 13.3. The summed E-state index contributed by atoms with van der Waals surface area (Å²) in [6.07, 6.45) is 7.49. The van der Waals surface area contributed by atoms with Gasteiger partial charge in [0.05, 0.1) is 11.0 Å². The molecule has 3 unspecified atom stereocenters. The normalized spacial score (nSPS) is 27.7. The second kappa shape index (κ2) is 12.3. The number of imidazole rings is 1. The first-order valence-corrected chi connectivity index (χ1v) is 16.5. The quantitative estimate of drug-likeness (QED) is 0.494. The van der Waals surface area contributed by atoms with E-state index in [2.05, 4.69) is 26.1 Å². The van der Waals surface area contributed by atoms with E-state index >= 15 is 0 Å². The molecule has 0 spiro atoms. The van der Waals surface area contributed by atoms with E-state index < -0.39 is 11.9 Å². The van der Waals surface area contributed by atoms with E-state index in [1.807, 2.05) is 17.0 Å². The van der Waals surface area contributed by atoms with Gasteiger partial charge in [0.25, 0.3) is 0 Å². The Balaban J connectivity index is 0.911. The molecule has 3 amide bonds. The van der Waals surface area contributed by atoms with Crippen LogP contribution in [0.15, 0.2) is 23.0 Å². The van der Waals surface area contributed by atoms with Crippen molar-refractivity contribution in [2.45, 2.75) is 82.1 Å². The van der Waals surface area contributed by atoms with Gasteiger partial charge in [0.1, 0.15) is 12.6 Å². The van der Waals surface area contributed by atoms with Crippen LogP contribution in [0.2, 0.25) is 0 Å². The molecule has 0 aliphatic carbocycles. The first kappa shape index (κ1) is 29.5. The van der Waals surface area contributed by atoms with Gasteiger partial charge in [-0.3, -0.25) is 38.7 Å². The number of aromatic nitrogens is 2. The standard InChI is InChI=1S/C32H45N7O5/c1-34-29-22(4-2-6-26(29)39(31(34)42)27-9-10-28(40)33-30(27)41)20-35-14-11-23(12-15-35)36-16-18-37(19-17-36)32(43)44-21-25-8-7-24-5-3-13-38(24)25/h2,4,6,23-25,27H,3,5,7-21H2,1H3,(H,33,40,41). The Bertz CT molecular complexity index is 1470. The van der Waals surface area contributed by atoms with Crippen LogP contribution in [0, 0.1) is 0 Å². The Morgan fingerprint density at radius 1 is 0.909 bits per heavy atom. The minimum atomic E-state index is -0.679. The topological polar surface area (TPSA) is 112 Å². The molecule has 0 bridgehead atoms. The molecule has 3 atom stereocenters. The molecular formula is C32H45N7O5. The van der Waals surface area contributed by atoms with Crippen LogP contribution in [0.5, 0.6) is 0 Å². The van der Waals surface area contributed by atoms with Gasteiger partial charge in [0.15, 0.2) is 0 Å². The number of piperazine rings is 1. The van der Waals surface area contributed by atoms with E-state index in [4.69, 9.17) is 4.74 Å². The fourth-order valence-corrected chi connectivity index (χ4v) is 8.47. The Morgan fingerprint density at radius 3 is 2.48 bits per heavy atom. The maximum Gasteiger partial charge on any atom is 0.409 e. The van der Waals surface area contributed by atoms with Crippen LogP contribution in [-0.2, 0) is 27.9 Å². The molecule has 5 saturated heterocycles. The summed E-state index contributed by atoms with van der Waals surface area (Å²) in [5.41, 5.74) is 2.42. The lowest BCUT2D eigenvalue weighted by Gasteiger charge is -2.42. The molecule has 0 radical (unpaired) electrons. The minimum Gasteiger partial charge on any atom is -0.448 e. The van der Waals surface area contributed by atoms with Gasteiger partial charge in [0, 0.05) is 64.3 Å². The van der Waals surface area contributed by atoms with Gasteiger partial charge in [-0.1, -0.05) is 12.1 Å². The predicted octanol–water partition coefficient (Wildman–Crippen LogP) is 1.66. The molecule has 0 saturated carbocycles. The number of hydrogen-bond donors (Lipinski definition) is 1. The minimum absolute atomic E-state index is 0.155. The van der Waals surface area contributed by atoms with Crippen molar-refractivity contribution in [1.82, 2.24) is 34.1 Å². The summed E-state index contributed by atoms with van der Waals surface area (Å²) in [6, 6.07) is 6.85. The molecule has 1 aromatic heterocycles. The van der Waals surface area contributed by atoms with Gasteiger partial charge in [-0.25, -0.2) is 9.59 Å². The van der Waals surface area contributed by atoms with Gasteiger partial charge in [-0.05, 0) is 76.2 Å². The SMILES string of the molecule is Cn1c(=O)n(C2CCC(=O)NC2=O)c2cccc(CN3CCC(N4CCN(C(=O)OCC5CCC6CCCN65)CC4)CC3)c21. The third-order valence-corrected chi connectivity index (χ3v) is 10.9. The zero-order valence-electron chi connectivity index (χ0n) is 25.8. The summed E-state index contributed by atoms with van der Waals surface area (Å²) in [5, 5.41) is 2.38. The Kier molecular flexibility index (Phi) is 8.23. The maximum atomic E-state index is 13.3. The summed E-state index contributed by atoms with van der Waals surface area (Å²) in [4.78, 5) is 59.8. The van der Waals surface area contributed by atoms with Crippen molar-refractivity contribution in [1.29, 1.82) is 0 Å². The number of ether oxygens (including phenoxy) is 1. The van der Waals surface area contributed by atoms with Crippen molar-refractivity contribution in [2.75, 3.05) is 52.4 Å². The van der Waals surface area contributed by atoms with Crippen molar-refractivity contribution in [3.8, 4) is 0 Å². The first-order chi connectivity index (χ1) is 21.4. The van der Waals surface area contributed by atoms with Crippen LogP contribution in [0.25, 0.3) is 11.0 Å². The number of hydrogen-bond acceptors (Lipinski definition) is 8. The molecule has 5 aliphatic heterocycles. The highest BCUT2D eigenvalue weighted by Gasteiger charge is 2.38. The van der Waals surface area contributed by atoms with Crippen LogP contribution in [0.3, 0.4) is 0 Å². The lowest BCUT2D eigenvalue weighted by atomic mass is 10.0. The fourth-order valence-electron chi connectivity index (χ4n) is 8.47. The molecule has 5 fully saturated rings. The highest BCUT2D eigenvalue weighted by molar-refractivity contribution is 6.00. The zero-order chi connectivity index (χ0) is 30.4. The number of para-hydroxylation sites is 1. The maximum absolute atomic E-state index is 13.3. The second-order valence-electron chi connectivity index (χ2n) is 13.3. The molecule has 1 aromatic carbocycles. The number of amides is 3. The molecular weight excluding hydrogens is 562 g/mol. The van der Waals surface area contributed by atoms with E-state index in [1.54, 1.807) is 16.2 Å². The Labute approximate surface area is 257 Å². The number of rotatable bonds is 6. The lowest BCUT2D eigenvalue weighted by molar-refractivity contribution is -0.135. The third kappa shape index (κ3) is 5.56. The number of benzene rings is 1. The number of likely N-dealkylation sites (tertiary alicyclic amines) is 1. The van der Waals surface area contributed by atoms with Gasteiger partial charge in [0.2, 0.25) is 11.8 Å². The highest BCUT2D eigenvalue weighted by Crippen LogP contribution is 2.32. The molecule has 12 nitrogen and oxygen atoms in total. The summed E-state index contributed by atoms with van der Waals surface area (Å²) < 4.78 is 8.98. The van der Waals surface area contributed by atoms with Gasteiger partial charge >= 0.3 is 11.8 Å². The fraction of sp³-hybridized carbons (Fsp3) is 0.688. The number of fused-ring (bicyclic) bond motifs is 2. The van der Waals surface area contributed by atoms with Crippen molar-refractivity contribution in [3.05, 3.63) is 34.2 Å². The number of aryl methyl sites for hydroxylation is 1. The van der Waals surface area contributed by atoms with Gasteiger partial charge in [-0.15, -0.1) is 0 Å². The third-order valence-electron chi connectivity index (χ3n) is 10.9. The zero-order valence-corrected chi connectivity index (χ0v) is 25.8. The Hall–Kier alpha value is -3.22. The van der Waals surface area contributed by atoms with Crippen LogP contribution >= 0.6 is 0 Å². The molecule has 6 heterocycles. The number of carbonyl (C=O) groups excluding carboxylic acids is 3. The smallest absolute Gasteiger partial charge is 0.409 e. The summed E-state index contributed by atoms with van der Waals surface area (Å²) >= 11 is 0. The lowest BCUT2D eigenvalue weighted by Crippen LogP contribution is -2.54. The molecule has 2 aromatic rings. The average Bonchev–Trinajstić information content (AvgIpc) is 3.72. The summed E-state index contributed by atoms with van der Waals surface area (Å²) in [6.45, 7) is 7.53. The summed E-state index contributed by atoms with van der Waals surface area (Å²) in [5.74, 6) is -0.701. The van der Waals surface area contributed by atoms with Crippen molar-refractivity contribution >= 4 is 28.9 Å². The first-order valence-electron chi connectivity index (χ1n) is 16.5. The van der Waals surface area contributed by atoms with Crippen LogP contribution < -0.4 is 11.0 Å². The largest absolute Gasteiger partial charge is 0.448 e.